The van der Waals surface area contributed by atoms with Gasteiger partial charge in [-0.15, -0.1) is 0 Å². The molecule has 1 aromatic carbocycles. The van der Waals surface area contributed by atoms with E-state index in [2.05, 4.69) is 23.6 Å². The minimum atomic E-state index is -0.325. The van der Waals surface area contributed by atoms with Gasteiger partial charge in [-0.05, 0) is 56.9 Å². The van der Waals surface area contributed by atoms with Gasteiger partial charge in [0.15, 0.2) is 0 Å². The lowest BCUT2D eigenvalue weighted by atomic mass is 9.75. The molecular formula is C25H39FN4O2. The summed E-state index contributed by atoms with van der Waals surface area (Å²) in [4.78, 5) is 33.5. The number of piperidine rings is 1. The molecular weight excluding hydrogens is 407 g/mol. The van der Waals surface area contributed by atoms with Gasteiger partial charge in [0, 0.05) is 71.5 Å². The van der Waals surface area contributed by atoms with Gasteiger partial charge < -0.3 is 14.7 Å². The fraction of sp³-hybridized carbons (Fsp3) is 0.680. The maximum absolute atomic E-state index is 13.3. The smallest absolute Gasteiger partial charge is 0.228 e. The van der Waals surface area contributed by atoms with Crippen molar-refractivity contribution in [2.45, 2.75) is 52.5 Å². The Morgan fingerprint density at radius 2 is 1.78 bits per heavy atom. The van der Waals surface area contributed by atoms with Crippen LogP contribution in [0.15, 0.2) is 24.3 Å². The molecule has 1 atom stereocenters. The van der Waals surface area contributed by atoms with Crippen molar-refractivity contribution in [2.75, 3.05) is 57.8 Å². The van der Waals surface area contributed by atoms with Gasteiger partial charge in [0.25, 0.3) is 0 Å². The molecule has 2 amide bonds. The molecule has 0 saturated carbocycles. The molecule has 2 aliphatic rings. The molecule has 0 aliphatic carbocycles. The Labute approximate surface area is 192 Å². The first-order chi connectivity index (χ1) is 15.3. The van der Waals surface area contributed by atoms with Crippen LogP contribution in [0.3, 0.4) is 0 Å². The fourth-order valence-corrected chi connectivity index (χ4v) is 5.20. The standard InChI is InChI=1S/C25H39FN4O2/c1-5-25(11-15-29(16-12-25)21(3)31)24(32)27(4)13-6-14-28-17-18-30(19-20(28)2)23-9-7-22(26)8-10-23/h7-10,20H,5-6,11-19H2,1-4H3/t20-/m1/s1. The Hall–Kier alpha value is -2.15. The molecule has 6 nitrogen and oxygen atoms in total. The highest BCUT2D eigenvalue weighted by Crippen LogP contribution is 2.36. The molecule has 0 radical (unpaired) electrons. The zero-order valence-electron chi connectivity index (χ0n) is 20.1. The lowest BCUT2D eigenvalue weighted by Crippen LogP contribution is -2.53. The van der Waals surface area contributed by atoms with Crippen molar-refractivity contribution >= 4 is 17.5 Å². The minimum absolute atomic E-state index is 0.101. The van der Waals surface area contributed by atoms with Crippen molar-refractivity contribution in [3.05, 3.63) is 30.1 Å². The summed E-state index contributed by atoms with van der Waals surface area (Å²) in [7, 11) is 1.92. The molecule has 0 unspecified atom stereocenters. The zero-order chi connectivity index (χ0) is 23.3. The second-order valence-corrected chi connectivity index (χ2v) is 9.53. The Kier molecular flexibility index (Phi) is 8.15. The van der Waals surface area contributed by atoms with Gasteiger partial charge in [0.1, 0.15) is 5.82 Å². The summed E-state index contributed by atoms with van der Waals surface area (Å²) >= 11 is 0. The summed E-state index contributed by atoms with van der Waals surface area (Å²) in [5, 5.41) is 0. The quantitative estimate of drug-likeness (QED) is 0.645. The van der Waals surface area contributed by atoms with E-state index in [0.717, 1.165) is 64.1 Å². The summed E-state index contributed by atoms with van der Waals surface area (Å²) in [6.45, 7) is 11.8. The van der Waals surface area contributed by atoms with Gasteiger partial charge in [0.2, 0.25) is 11.8 Å². The number of carbonyl (C=O) groups excluding carboxylic acids is 2. The lowest BCUT2D eigenvalue weighted by Gasteiger charge is -2.42. The third-order valence-corrected chi connectivity index (χ3v) is 7.54. The number of carbonyl (C=O) groups is 2. The van der Waals surface area contributed by atoms with Crippen LogP contribution in [0.5, 0.6) is 0 Å². The number of piperazine rings is 1. The van der Waals surface area contributed by atoms with E-state index in [-0.39, 0.29) is 23.0 Å². The van der Waals surface area contributed by atoms with E-state index >= 15 is 0 Å². The molecule has 2 heterocycles. The first-order valence-corrected chi connectivity index (χ1v) is 12.0. The molecule has 1 aromatic rings. The predicted octanol–water partition coefficient (Wildman–Crippen LogP) is 3.22. The van der Waals surface area contributed by atoms with Crippen LogP contribution in [0.1, 0.15) is 46.5 Å². The number of anilines is 1. The second-order valence-electron chi connectivity index (χ2n) is 9.53. The molecule has 178 valence electrons. The molecule has 7 heteroatoms. The fourth-order valence-electron chi connectivity index (χ4n) is 5.20. The Morgan fingerprint density at radius 3 is 2.34 bits per heavy atom. The van der Waals surface area contributed by atoms with E-state index in [4.69, 9.17) is 0 Å². The Bertz CT molecular complexity index is 777. The molecule has 32 heavy (non-hydrogen) atoms. The van der Waals surface area contributed by atoms with Gasteiger partial charge >= 0.3 is 0 Å². The van der Waals surface area contributed by atoms with Crippen molar-refractivity contribution < 1.29 is 14.0 Å². The van der Waals surface area contributed by atoms with Crippen LogP contribution in [-0.2, 0) is 9.59 Å². The third kappa shape index (κ3) is 5.61. The number of hydrogen-bond acceptors (Lipinski definition) is 4. The van der Waals surface area contributed by atoms with Crippen LogP contribution in [0.2, 0.25) is 0 Å². The minimum Gasteiger partial charge on any atom is -0.369 e. The molecule has 0 bridgehead atoms. The zero-order valence-corrected chi connectivity index (χ0v) is 20.1. The number of hydrogen-bond donors (Lipinski definition) is 0. The van der Waals surface area contributed by atoms with Crippen molar-refractivity contribution in [1.29, 1.82) is 0 Å². The third-order valence-electron chi connectivity index (χ3n) is 7.54. The first-order valence-electron chi connectivity index (χ1n) is 12.0. The molecule has 3 rings (SSSR count). The summed E-state index contributed by atoms with van der Waals surface area (Å²) in [6.07, 6.45) is 3.29. The summed E-state index contributed by atoms with van der Waals surface area (Å²) in [6, 6.07) is 7.15. The number of nitrogens with zero attached hydrogens (tertiary/aromatic N) is 4. The number of amides is 2. The molecule has 0 N–H and O–H groups in total. The highest BCUT2D eigenvalue weighted by Gasteiger charge is 2.41. The van der Waals surface area contributed by atoms with E-state index in [0.29, 0.717) is 19.1 Å². The van der Waals surface area contributed by atoms with Gasteiger partial charge in [-0.3, -0.25) is 14.5 Å². The average Bonchev–Trinajstić information content (AvgIpc) is 2.80. The number of halogens is 1. The predicted molar refractivity (Wildman–Crippen MR) is 126 cm³/mol. The Morgan fingerprint density at radius 1 is 1.12 bits per heavy atom. The van der Waals surface area contributed by atoms with Gasteiger partial charge in [-0.25, -0.2) is 4.39 Å². The van der Waals surface area contributed by atoms with E-state index in [1.54, 1.807) is 6.92 Å². The number of rotatable bonds is 7. The molecule has 2 saturated heterocycles. The molecule has 2 fully saturated rings. The van der Waals surface area contributed by atoms with E-state index < -0.39 is 0 Å². The number of likely N-dealkylation sites (tertiary alicyclic amines) is 1. The van der Waals surface area contributed by atoms with Crippen LogP contribution in [0.25, 0.3) is 0 Å². The average molecular weight is 447 g/mol. The van der Waals surface area contributed by atoms with Crippen molar-refractivity contribution in [2.24, 2.45) is 5.41 Å². The van der Waals surface area contributed by atoms with Crippen molar-refractivity contribution in [3.8, 4) is 0 Å². The summed E-state index contributed by atoms with van der Waals surface area (Å²) in [5.74, 6) is 0.134. The van der Waals surface area contributed by atoms with E-state index in [1.165, 1.54) is 12.1 Å². The topological polar surface area (TPSA) is 47.1 Å². The molecule has 0 aromatic heterocycles. The van der Waals surface area contributed by atoms with Gasteiger partial charge in [-0.2, -0.15) is 0 Å². The number of benzene rings is 1. The highest BCUT2D eigenvalue weighted by atomic mass is 19.1. The van der Waals surface area contributed by atoms with Crippen LogP contribution >= 0.6 is 0 Å². The normalized spacial score (nSPS) is 21.5. The first kappa shape index (κ1) is 24.5. The monoisotopic (exact) mass is 446 g/mol. The van der Waals surface area contributed by atoms with Gasteiger partial charge in [0.05, 0.1) is 5.41 Å². The summed E-state index contributed by atoms with van der Waals surface area (Å²) < 4.78 is 13.2. The van der Waals surface area contributed by atoms with Gasteiger partial charge in [-0.1, -0.05) is 6.92 Å². The van der Waals surface area contributed by atoms with E-state index in [1.807, 2.05) is 29.0 Å². The summed E-state index contributed by atoms with van der Waals surface area (Å²) in [5.41, 5.74) is 0.748. The molecule has 0 spiro atoms. The van der Waals surface area contributed by atoms with E-state index in [9.17, 15) is 14.0 Å². The van der Waals surface area contributed by atoms with Crippen LogP contribution in [0, 0.1) is 11.2 Å². The molecule has 2 aliphatic heterocycles. The second kappa shape index (κ2) is 10.6. The largest absolute Gasteiger partial charge is 0.369 e. The lowest BCUT2D eigenvalue weighted by molar-refractivity contribution is -0.147. The maximum atomic E-state index is 13.3. The maximum Gasteiger partial charge on any atom is 0.228 e. The highest BCUT2D eigenvalue weighted by molar-refractivity contribution is 5.83. The van der Waals surface area contributed by atoms with Crippen LogP contribution < -0.4 is 4.90 Å². The SMILES string of the molecule is CCC1(C(=O)N(C)CCCN2CCN(c3ccc(F)cc3)C[C@H]2C)CCN(C(C)=O)CC1. The Balaban J connectivity index is 1.45. The van der Waals surface area contributed by atoms with Crippen molar-refractivity contribution in [1.82, 2.24) is 14.7 Å². The van der Waals surface area contributed by atoms with Crippen LogP contribution in [0.4, 0.5) is 10.1 Å². The van der Waals surface area contributed by atoms with Crippen LogP contribution in [-0.4, -0.2) is 85.4 Å². The van der Waals surface area contributed by atoms with Crippen molar-refractivity contribution in [3.63, 3.8) is 0 Å².